The highest BCUT2D eigenvalue weighted by atomic mass is 16.3. The zero-order valence-corrected chi connectivity index (χ0v) is 14.9. The Balaban J connectivity index is 1.48. The Bertz CT molecular complexity index is 516. The molecule has 1 aliphatic heterocycles. The first-order valence-electron chi connectivity index (χ1n) is 9.67. The third kappa shape index (κ3) is 4.18. The highest BCUT2D eigenvalue weighted by Crippen LogP contribution is 2.33. The Kier molecular flexibility index (Phi) is 5.94. The van der Waals surface area contributed by atoms with Gasteiger partial charge in [0, 0.05) is 19.0 Å². The Hall–Kier alpha value is -1.35. The Morgan fingerprint density at radius 3 is 2.38 bits per heavy atom. The van der Waals surface area contributed by atoms with Crippen molar-refractivity contribution in [3.63, 3.8) is 0 Å². The van der Waals surface area contributed by atoms with Crippen LogP contribution in [0.2, 0.25) is 0 Å². The molecule has 0 spiro atoms. The summed E-state index contributed by atoms with van der Waals surface area (Å²) < 4.78 is 0. The van der Waals surface area contributed by atoms with Crippen molar-refractivity contribution in [2.45, 2.75) is 58.0 Å². The molecule has 1 saturated heterocycles. The van der Waals surface area contributed by atoms with Gasteiger partial charge < -0.3 is 10.0 Å². The van der Waals surface area contributed by atoms with Crippen LogP contribution in [0.4, 0.5) is 0 Å². The van der Waals surface area contributed by atoms with Gasteiger partial charge in [-0.2, -0.15) is 0 Å². The summed E-state index contributed by atoms with van der Waals surface area (Å²) in [5.74, 6) is 1.52. The van der Waals surface area contributed by atoms with Gasteiger partial charge in [0.2, 0.25) is 5.91 Å². The average molecular weight is 329 g/mol. The van der Waals surface area contributed by atoms with Gasteiger partial charge in [-0.1, -0.05) is 62.9 Å². The number of aliphatic hydroxyl groups is 1. The molecule has 1 aromatic rings. The Labute approximate surface area is 146 Å². The third-order valence-electron chi connectivity index (χ3n) is 6.02. The van der Waals surface area contributed by atoms with Crippen LogP contribution in [0.1, 0.15) is 63.5 Å². The maximum absolute atomic E-state index is 12.7. The van der Waals surface area contributed by atoms with Crippen LogP contribution in [-0.2, 0) is 4.79 Å². The summed E-state index contributed by atoms with van der Waals surface area (Å²) in [7, 11) is 0. The molecule has 1 N–H and O–H groups in total. The van der Waals surface area contributed by atoms with Gasteiger partial charge >= 0.3 is 0 Å². The topological polar surface area (TPSA) is 40.5 Å². The van der Waals surface area contributed by atoms with Gasteiger partial charge in [-0.3, -0.25) is 4.79 Å². The number of piperidine rings is 1. The van der Waals surface area contributed by atoms with Gasteiger partial charge in [-0.05, 0) is 36.7 Å². The molecule has 2 unspecified atom stereocenters. The van der Waals surface area contributed by atoms with Gasteiger partial charge in [0.15, 0.2) is 0 Å². The number of benzene rings is 1. The minimum absolute atomic E-state index is 0.156. The van der Waals surface area contributed by atoms with E-state index < -0.39 is 6.10 Å². The van der Waals surface area contributed by atoms with Crippen molar-refractivity contribution in [1.82, 2.24) is 4.90 Å². The summed E-state index contributed by atoms with van der Waals surface area (Å²) in [6, 6.07) is 9.91. The monoisotopic (exact) mass is 329 g/mol. The SMILES string of the molecule is CC(CC1CCCC1)C(=O)N1CCC(C(O)c2ccccc2)CC1. The lowest BCUT2D eigenvalue weighted by molar-refractivity contribution is -0.137. The number of nitrogens with zero attached hydrogens (tertiary/aromatic N) is 1. The lowest BCUT2D eigenvalue weighted by atomic mass is 9.86. The smallest absolute Gasteiger partial charge is 0.225 e. The molecule has 1 aliphatic carbocycles. The molecule has 3 rings (SSSR count). The first kappa shape index (κ1) is 17.5. The predicted octanol–water partition coefficient (Wildman–Crippen LogP) is 4.18. The summed E-state index contributed by atoms with van der Waals surface area (Å²) >= 11 is 0. The zero-order chi connectivity index (χ0) is 16.9. The van der Waals surface area contributed by atoms with Gasteiger partial charge in [0.25, 0.3) is 0 Å². The molecule has 0 radical (unpaired) electrons. The minimum Gasteiger partial charge on any atom is -0.388 e. The number of amides is 1. The average Bonchev–Trinajstić information content (AvgIpc) is 3.14. The summed E-state index contributed by atoms with van der Waals surface area (Å²) in [5, 5.41) is 10.6. The maximum Gasteiger partial charge on any atom is 0.225 e. The molecular weight excluding hydrogens is 298 g/mol. The summed E-state index contributed by atoms with van der Waals surface area (Å²) in [5.41, 5.74) is 0.997. The number of hydrogen-bond donors (Lipinski definition) is 1. The summed E-state index contributed by atoms with van der Waals surface area (Å²) in [4.78, 5) is 14.7. The first-order valence-corrected chi connectivity index (χ1v) is 9.67. The van der Waals surface area contributed by atoms with E-state index in [9.17, 15) is 9.90 Å². The first-order chi connectivity index (χ1) is 11.6. The van der Waals surface area contributed by atoms with Crippen molar-refractivity contribution in [2.75, 3.05) is 13.1 Å². The molecule has 1 saturated carbocycles. The van der Waals surface area contributed by atoms with E-state index in [1.54, 1.807) is 0 Å². The quantitative estimate of drug-likeness (QED) is 0.880. The normalized spacial score (nSPS) is 22.5. The van der Waals surface area contributed by atoms with Crippen LogP contribution in [0.25, 0.3) is 0 Å². The van der Waals surface area contributed by atoms with Crippen molar-refractivity contribution in [3.8, 4) is 0 Å². The molecule has 24 heavy (non-hydrogen) atoms. The number of rotatable bonds is 5. The van der Waals surface area contributed by atoms with Crippen molar-refractivity contribution in [3.05, 3.63) is 35.9 Å². The van der Waals surface area contributed by atoms with E-state index in [4.69, 9.17) is 0 Å². The fraction of sp³-hybridized carbons (Fsp3) is 0.667. The molecule has 2 fully saturated rings. The van der Waals surface area contributed by atoms with E-state index in [2.05, 4.69) is 6.92 Å². The molecule has 0 bridgehead atoms. The minimum atomic E-state index is -0.403. The van der Waals surface area contributed by atoms with Gasteiger partial charge in [0.1, 0.15) is 0 Å². The highest BCUT2D eigenvalue weighted by molar-refractivity contribution is 5.78. The predicted molar refractivity (Wildman–Crippen MR) is 96.4 cm³/mol. The molecule has 0 aromatic heterocycles. The third-order valence-corrected chi connectivity index (χ3v) is 6.02. The lowest BCUT2D eigenvalue weighted by Crippen LogP contribution is -2.42. The van der Waals surface area contributed by atoms with Crippen LogP contribution in [0.3, 0.4) is 0 Å². The molecule has 3 nitrogen and oxygen atoms in total. The number of hydrogen-bond acceptors (Lipinski definition) is 2. The van der Waals surface area contributed by atoms with E-state index in [1.807, 2.05) is 35.2 Å². The van der Waals surface area contributed by atoms with Gasteiger partial charge in [-0.15, -0.1) is 0 Å². The summed E-state index contributed by atoms with van der Waals surface area (Å²) in [6.45, 7) is 3.69. The van der Waals surface area contributed by atoms with Crippen LogP contribution in [0.5, 0.6) is 0 Å². The van der Waals surface area contributed by atoms with E-state index in [1.165, 1.54) is 25.7 Å². The number of carbonyl (C=O) groups is 1. The second-order valence-corrected chi connectivity index (χ2v) is 7.81. The van der Waals surface area contributed by atoms with Crippen LogP contribution >= 0.6 is 0 Å². The second kappa shape index (κ2) is 8.15. The van der Waals surface area contributed by atoms with Crippen LogP contribution < -0.4 is 0 Å². The van der Waals surface area contributed by atoms with Crippen molar-refractivity contribution >= 4 is 5.91 Å². The standard InChI is InChI=1S/C21H31NO2/c1-16(15-17-7-5-6-8-17)21(24)22-13-11-19(12-14-22)20(23)18-9-3-2-4-10-18/h2-4,9-10,16-17,19-20,23H,5-8,11-15H2,1H3. The van der Waals surface area contributed by atoms with E-state index in [-0.39, 0.29) is 11.8 Å². The number of likely N-dealkylation sites (tertiary alicyclic amines) is 1. The summed E-state index contributed by atoms with van der Waals surface area (Å²) in [6.07, 6.45) is 7.76. The molecule has 2 aliphatic rings. The van der Waals surface area contributed by atoms with Crippen LogP contribution in [0.15, 0.2) is 30.3 Å². The van der Waals surface area contributed by atoms with Gasteiger partial charge in [0.05, 0.1) is 6.10 Å². The molecule has 1 aromatic carbocycles. The van der Waals surface area contributed by atoms with Crippen molar-refractivity contribution < 1.29 is 9.90 Å². The number of aliphatic hydroxyl groups excluding tert-OH is 1. The fourth-order valence-corrected chi connectivity index (χ4v) is 4.52. The molecule has 132 valence electrons. The highest BCUT2D eigenvalue weighted by Gasteiger charge is 2.31. The molecule has 3 heteroatoms. The molecule has 2 atom stereocenters. The molecule has 1 heterocycles. The van der Waals surface area contributed by atoms with Crippen LogP contribution in [0, 0.1) is 17.8 Å². The van der Waals surface area contributed by atoms with Crippen LogP contribution in [-0.4, -0.2) is 29.0 Å². The van der Waals surface area contributed by atoms with E-state index >= 15 is 0 Å². The van der Waals surface area contributed by atoms with Gasteiger partial charge in [-0.25, -0.2) is 0 Å². The van der Waals surface area contributed by atoms with Crippen molar-refractivity contribution in [1.29, 1.82) is 0 Å². The largest absolute Gasteiger partial charge is 0.388 e. The lowest BCUT2D eigenvalue weighted by Gasteiger charge is -2.36. The van der Waals surface area contributed by atoms with Crippen molar-refractivity contribution in [2.24, 2.45) is 17.8 Å². The zero-order valence-electron chi connectivity index (χ0n) is 14.9. The van der Waals surface area contributed by atoms with E-state index in [0.29, 0.717) is 5.91 Å². The second-order valence-electron chi connectivity index (χ2n) is 7.81. The molecule has 1 amide bonds. The molecular formula is C21H31NO2. The Morgan fingerprint density at radius 1 is 1.12 bits per heavy atom. The fourth-order valence-electron chi connectivity index (χ4n) is 4.52. The Morgan fingerprint density at radius 2 is 1.75 bits per heavy atom. The van der Waals surface area contributed by atoms with E-state index in [0.717, 1.165) is 43.8 Å². The number of carbonyl (C=O) groups excluding carboxylic acids is 1. The maximum atomic E-state index is 12.7.